The largest absolute Gasteiger partial charge is 0.477 e. The van der Waals surface area contributed by atoms with Gasteiger partial charge >= 0.3 is 5.97 Å². The molecule has 0 unspecified atom stereocenters. The summed E-state index contributed by atoms with van der Waals surface area (Å²) in [6.45, 7) is 14.5. The fraction of sp³-hybridized carbons (Fsp3) is 0.481. The highest BCUT2D eigenvalue weighted by Gasteiger charge is 2.27. The molecule has 6 aromatic heterocycles. The number of para-hydroxylation sites is 1. The fourth-order valence-corrected chi connectivity index (χ4v) is 21.3. The minimum atomic E-state index is -1.44. The molecule has 1 aliphatic heterocycles. The number of unbranched alkanes of at least 4 members (excludes halogenated alkanes) is 18. The molecular weight excluding hydrogens is 1270 g/mol. The number of anilines is 2. The van der Waals surface area contributed by atoms with Crippen LogP contribution in [-0.2, 0) is 53.2 Å². The number of thiophene rings is 5. The maximum absolute atomic E-state index is 14.1. The van der Waals surface area contributed by atoms with Gasteiger partial charge in [0.2, 0.25) is 0 Å². The van der Waals surface area contributed by atoms with Crippen LogP contribution in [-0.4, -0.2) is 28.7 Å². The van der Waals surface area contributed by atoms with Crippen LogP contribution in [0.25, 0.3) is 61.1 Å². The van der Waals surface area contributed by atoms with Crippen molar-refractivity contribution in [1.29, 1.82) is 5.26 Å². The summed E-state index contributed by atoms with van der Waals surface area (Å²) in [5.41, 5.74) is 9.88. The monoisotopic (exact) mass is 1370 g/mol. The molecule has 1 N–H and O–H groups in total. The number of carbonyl (C=O) groups excluding carboxylic acids is 1. The van der Waals surface area contributed by atoms with Crippen LogP contribution in [0.5, 0.6) is 0 Å². The summed E-state index contributed by atoms with van der Waals surface area (Å²) < 4.78 is 6.32. The Hall–Kier alpha value is -5.31. The van der Waals surface area contributed by atoms with Gasteiger partial charge in [-0.2, -0.15) is 5.26 Å². The summed E-state index contributed by atoms with van der Waals surface area (Å²) in [5.74, 6) is -1.44. The first-order chi connectivity index (χ1) is 45.1. The Labute approximate surface area is 576 Å². The SMILES string of the molecule is CCCCCCc1cc(-c2sc(-c3sc(-c4sc(-c5sc(-c6ccc7c(c6)Sc6ccccc6N7CCCCCC)cc5CCCCCC)cc4CCCCCC)cc3CCCCCC)cc2CCCCCC)sc1C=c1s/c(=C(\C#N)C(=O)O)n(COC=O)c1=O. The zero-order chi connectivity index (χ0) is 64.8. The van der Waals surface area contributed by atoms with Gasteiger partial charge < -0.3 is 14.7 Å². The Morgan fingerprint density at radius 1 is 0.511 bits per heavy atom. The quantitative estimate of drug-likeness (QED) is 0.0299. The highest BCUT2D eigenvalue weighted by Crippen LogP contribution is 2.53. The molecule has 0 amide bonds. The average Bonchev–Trinajstić information content (AvgIpc) is 1.43. The van der Waals surface area contributed by atoms with Gasteiger partial charge in [0.05, 0.1) is 15.9 Å². The number of aryl methyl sites for hydroxylation is 5. The predicted molar refractivity (Wildman–Crippen MR) is 399 cm³/mol. The van der Waals surface area contributed by atoms with Crippen molar-refractivity contribution < 1.29 is 19.4 Å². The lowest BCUT2D eigenvalue weighted by Gasteiger charge is -2.33. The van der Waals surface area contributed by atoms with Crippen molar-refractivity contribution in [1.82, 2.24) is 4.57 Å². The number of nitriles is 1. The zero-order valence-electron chi connectivity index (χ0n) is 55.3. The van der Waals surface area contributed by atoms with Crippen LogP contribution in [0.1, 0.15) is 228 Å². The number of fused-ring (bicyclic) bond motifs is 2. The first-order valence-electron chi connectivity index (χ1n) is 34.5. The molecule has 7 heterocycles. The van der Waals surface area contributed by atoms with Crippen molar-refractivity contribution in [3.8, 4) is 55.5 Å². The third-order valence-electron chi connectivity index (χ3n) is 17.6. The van der Waals surface area contributed by atoms with E-state index in [0.717, 1.165) is 104 Å². The van der Waals surface area contributed by atoms with E-state index in [4.69, 9.17) is 4.74 Å². The van der Waals surface area contributed by atoms with Crippen LogP contribution in [0.15, 0.2) is 87.4 Å². The summed E-state index contributed by atoms with van der Waals surface area (Å²) >= 11 is 12.6. The number of carboxylic acids is 1. The van der Waals surface area contributed by atoms with Crippen molar-refractivity contribution in [2.45, 2.75) is 244 Å². The summed E-state index contributed by atoms with van der Waals surface area (Å²) in [6.07, 6.45) is 35.4. The molecule has 8 aromatic rings. The van der Waals surface area contributed by atoms with E-state index in [-0.39, 0.29) is 11.1 Å². The first-order valence-corrected chi connectivity index (χ1v) is 40.3. The standard InChI is InChI=1S/C77H95N3O5S7/c1-7-13-19-25-33-53-44-66(87-64(53)49-70-75(82)80(51-85-52-81)76(92-70)59(50-78)77(83)84)71-56(35-27-21-15-9-3)46-68(89-71)73-58(37-29-23-17-11-5)48-69(91-73)74-57(36-28-22-16-10-4)47-67(90-74)72-55(34-26-20-14-8-2)45-63(88-72)54-40-41-61-65(43-54)86-62-39-31-30-38-60(62)79(61)42-32-24-18-12-6/h30-31,38-41,43-49,52H,7-29,32-37,42,51H2,1-6H3,(H,83,84)/b70-49?,76-59+. The van der Waals surface area contributed by atoms with E-state index in [0.29, 0.717) is 4.53 Å². The number of hydrogen-bond acceptors (Lipinski definition) is 13. The number of rotatable bonds is 40. The Morgan fingerprint density at radius 2 is 0.946 bits per heavy atom. The van der Waals surface area contributed by atoms with Gasteiger partial charge in [-0.1, -0.05) is 187 Å². The number of carboxylic acid groups (broad SMARTS) is 1. The molecule has 0 saturated heterocycles. The molecule has 15 heteroatoms. The van der Waals surface area contributed by atoms with Crippen molar-refractivity contribution in [2.75, 3.05) is 11.4 Å². The van der Waals surface area contributed by atoms with Gasteiger partial charge in [-0.15, -0.1) is 68.0 Å². The van der Waals surface area contributed by atoms with Crippen LogP contribution < -0.4 is 19.7 Å². The van der Waals surface area contributed by atoms with Gasteiger partial charge in [-0.25, -0.2) is 4.79 Å². The Morgan fingerprint density at radius 3 is 1.42 bits per heavy atom. The Balaban J connectivity index is 1.15. The number of ether oxygens (including phenoxy) is 1. The van der Waals surface area contributed by atoms with Gasteiger partial charge in [0.1, 0.15) is 10.7 Å². The highest BCUT2D eigenvalue weighted by atomic mass is 32.2. The van der Waals surface area contributed by atoms with Crippen LogP contribution in [0.2, 0.25) is 0 Å². The molecule has 0 radical (unpaired) electrons. The number of aliphatic carboxylic acids is 1. The maximum atomic E-state index is 14.1. The molecule has 0 aliphatic carbocycles. The summed E-state index contributed by atoms with van der Waals surface area (Å²) in [7, 11) is 0. The van der Waals surface area contributed by atoms with Gasteiger partial charge in [0.15, 0.2) is 12.3 Å². The molecule has 0 saturated carbocycles. The third-order valence-corrected chi connectivity index (χ3v) is 26.4. The summed E-state index contributed by atoms with van der Waals surface area (Å²) in [5, 5.41) is 19.9. The first kappa shape index (κ1) is 71.0. The van der Waals surface area contributed by atoms with E-state index >= 15 is 0 Å². The molecule has 0 spiro atoms. The topological polar surface area (TPSA) is 113 Å². The molecular formula is C77H95N3O5S7. The molecule has 490 valence electrons. The van der Waals surface area contributed by atoms with Gasteiger partial charge in [0, 0.05) is 65.1 Å². The van der Waals surface area contributed by atoms with Crippen LogP contribution in [0.4, 0.5) is 11.4 Å². The van der Waals surface area contributed by atoms with E-state index in [9.17, 15) is 24.8 Å². The highest BCUT2D eigenvalue weighted by molar-refractivity contribution is 7.99. The molecule has 0 atom stereocenters. The zero-order valence-corrected chi connectivity index (χ0v) is 61.0. The van der Waals surface area contributed by atoms with Gasteiger partial charge in [0.25, 0.3) is 12.0 Å². The summed E-state index contributed by atoms with van der Waals surface area (Å²) in [4.78, 5) is 56.2. The van der Waals surface area contributed by atoms with Crippen LogP contribution >= 0.6 is 79.8 Å². The predicted octanol–water partition coefficient (Wildman–Crippen LogP) is 23.1. The van der Waals surface area contributed by atoms with Crippen molar-refractivity contribution in [3.05, 3.63) is 125 Å². The molecule has 2 aromatic carbocycles. The fourth-order valence-electron chi connectivity index (χ4n) is 12.5. The molecule has 92 heavy (non-hydrogen) atoms. The number of carbonyl (C=O) groups is 2. The van der Waals surface area contributed by atoms with Gasteiger partial charge in [-0.05, 0) is 165 Å². The number of hydrogen-bond donors (Lipinski definition) is 1. The second-order valence-electron chi connectivity index (χ2n) is 24.7. The van der Waals surface area contributed by atoms with E-state index in [1.807, 2.05) is 63.2 Å². The number of aromatic nitrogens is 1. The third kappa shape index (κ3) is 18.2. The lowest BCUT2D eigenvalue weighted by atomic mass is 10.0. The molecule has 9 rings (SSSR count). The number of nitrogens with zero attached hydrogens (tertiary/aromatic N) is 3. The molecule has 0 fully saturated rings. The Kier molecular flexibility index (Phi) is 28.2. The second-order valence-corrected chi connectivity index (χ2v) is 32.1. The van der Waals surface area contributed by atoms with E-state index in [1.54, 1.807) is 17.4 Å². The summed E-state index contributed by atoms with van der Waals surface area (Å²) in [6, 6.07) is 30.7. The Bertz CT molecular complexity index is 3930. The lowest BCUT2D eigenvalue weighted by Crippen LogP contribution is -2.33. The molecule has 0 bridgehead atoms. The molecule has 8 nitrogen and oxygen atoms in total. The van der Waals surface area contributed by atoms with Crippen LogP contribution in [0.3, 0.4) is 0 Å². The number of benzene rings is 2. The van der Waals surface area contributed by atoms with E-state index in [1.165, 1.54) is 208 Å². The normalized spacial score (nSPS) is 12.6. The smallest absolute Gasteiger partial charge is 0.349 e. The van der Waals surface area contributed by atoms with Crippen molar-refractivity contribution in [2.24, 2.45) is 0 Å². The average molecular weight is 1370 g/mol. The minimum absolute atomic E-state index is 0.0460. The maximum Gasteiger partial charge on any atom is 0.349 e. The van der Waals surface area contributed by atoms with Gasteiger partial charge in [-0.3, -0.25) is 14.2 Å². The van der Waals surface area contributed by atoms with Crippen molar-refractivity contribution >= 4 is 115 Å². The minimum Gasteiger partial charge on any atom is -0.477 e. The van der Waals surface area contributed by atoms with E-state index in [2.05, 4.69) is 119 Å². The lowest BCUT2D eigenvalue weighted by molar-refractivity contribution is -0.132. The second kappa shape index (κ2) is 36.5. The van der Waals surface area contributed by atoms with Crippen LogP contribution in [0, 0.1) is 11.3 Å². The van der Waals surface area contributed by atoms with E-state index < -0.39 is 23.8 Å². The van der Waals surface area contributed by atoms with Crippen molar-refractivity contribution in [3.63, 3.8) is 0 Å². The number of thiazole rings is 1. The molecule has 1 aliphatic rings.